The number of aromatic nitrogens is 1. The molecule has 2 heterocycles. The van der Waals surface area contributed by atoms with Crippen LogP contribution in [0.2, 0.25) is 0 Å². The molecule has 2 N–H and O–H groups in total. The molecule has 1 amide bonds. The van der Waals surface area contributed by atoms with Gasteiger partial charge in [-0.3, -0.25) is 4.79 Å². The van der Waals surface area contributed by atoms with Crippen LogP contribution in [0.1, 0.15) is 18.1 Å². The maximum Gasteiger partial charge on any atom is 0.234 e. The van der Waals surface area contributed by atoms with Gasteiger partial charge < -0.3 is 14.8 Å². The fraction of sp³-hybridized carbons (Fsp3) is 0.421. The largest absolute Gasteiger partial charge is 0.361 e. The van der Waals surface area contributed by atoms with Gasteiger partial charge in [0.05, 0.1) is 13.6 Å². The minimum absolute atomic E-state index is 0.0121. The Bertz CT molecular complexity index is 804. The van der Waals surface area contributed by atoms with Gasteiger partial charge in [-0.2, -0.15) is 0 Å². The lowest BCUT2D eigenvalue weighted by atomic mass is 9.79. The summed E-state index contributed by atoms with van der Waals surface area (Å²) in [5.74, 6) is 0.229. The Kier molecular flexibility index (Phi) is 3.31. The molecule has 1 aliphatic heterocycles. The summed E-state index contributed by atoms with van der Waals surface area (Å²) in [6, 6.07) is 6.91. The van der Waals surface area contributed by atoms with Gasteiger partial charge in [-0.05, 0) is 24.1 Å². The first-order valence-electron chi connectivity index (χ1n) is 8.48. The molecular weight excluding hydrogens is 286 g/mol. The van der Waals surface area contributed by atoms with E-state index in [0.717, 1.165) is 19.5 Å². The monoisotopic (exact) mass is 310 g/mol. The van der Waals surface area contributed by atoms with Gasteiger partial charge in [-0.25, -0.2) is 0 Å². The van der Waals surface area contributed by atoms with Gasteiger partial charge in [0.25, 0.3) is 0 Å². The average Bonchev–Trinajstić information content (AvgIpc) is 2.99. The molecular formula is C19H24N3O+. The lowest BCUT2D eigenvalue weighted by Gasteiger charge is -2.37. The number of amides is 1. The van der Waals surface area contributed by atoms with Crippen molar-refractivity contribution in [2.75, 3.05) is 27.2 Å². The number of H-pyrrole nitrogens is 1. The van der Waals surface area contributed by atoms with Crippen LogP contribution in [-0.2, 0) is 11.2 Å². The van der Waals surface area contributed by atoms with Crippen molar-refractivity contribution in [2.45, 2.75) is 19.4 Å². The molecule has 3 atom stereocenters. The molecule has 0 saturated heterocycles. The van der Waals surface area contributed by atoms with Crippen molar-refractivity contribution in [3.05, 3.63) is 41.6 Å². The maximum absolute atomic E-state index is 12.6. The van der Waals surface area contributed by atoms with E-state index in [1.54, 1.807) is 0 Å². The Morgan fingerprint density at radius 1 is 1.43 bits per heavy atom. The summed E-state index contributed by atoms with van der Waals surface area (Å²) in [5, 5.41) is 1.35. The number of quaternary nitrogens is 1. The minimum Gasteiger partial charge on any atom is -0.361 e. The number of rotatable bonds is 2. The second-order valence-corrected chi connectivity index (χ2v) is 6.93. The Balaban J connectivity index is 1.83. The summed E-state index contributed by atoms with van der Waals surface area (Å²) in [7, 11) is 4.12. The summed E-state index contributed by atoms with van der Waals surface area (Å²) >= 11 is 0. The molecule has 4 heteroatoms. The van der Waals surface area contributed by atoms with Crippen LogP contribution in [0.5, 0.6) is 0 Å². The van der Waals surface area contributed by atoms with Crippen molar-refractivity contribution in [3.8, 4) is 0 Å². The van der Waals surface area contributed by atoms with Crippen LogP contribution in [0.3, 0.4) is 0 Å². The van der Waals surface area contributed by atoms with E-state index in [4.69, 9.17) is 0 Å². The molecule has 0 fully saturated rings. The second kappa shape index (κ2) is 5.24. The third kappa shape index (κ3) is 2.12. The van der Waals surface area contributed by atoms with Crippen LogP contribution in [0, 0.1) is 5.92 Å². The summed E-state index contributed by atoms with van der Waals surface area (Å²) in [5.41, 5.74) is 5.28. The van der Waals surface area contributed by atoms with E-state index in [-0.39, 0.29) is 11.8 Å². The number of nitrogens with one attached hydrogen (secondary N) is 2. The van der Waals surface area contributed by atoms with E-state index in [9.17, 15) is 4.79 Å². The first-order valence-corrected chi connectivity index (χ1v) is 8.48. The Labute approximate surface area is 136 Å². The highest BCUT2D eigenvalue weighted by Crippen LogP contribution is 2.37. The topological polar surface area (TPSA) is 40.5 Å². The van der Waals surface area contributed by atoms with Gasteiger partial charge in [-0.15, -0.1) is 0 Å². The van der Waals surface area contributed by atoms with E-state index < -0.39 is 0 Å². The zero-order valence-electron chi connectivity index (χ0n) is 14.0. The van der Waals surface area contributed by atoms with Gasteiger partial charge in [-0.1, -0.05) is 18.2 Å². The Hall–Kier alpha value is -2.07. The molecule has 4 nitrogen and oxygen atoms in total. The number of fused-ring (bicyclic) bond motifs is 2. The number of carbonyl (C=O) groups excluding carboxylic acids is 1. The summed E-state index contributed by atoms with van der Waals surface area (Å²) < 4.78 is 0. The molecule has 2 aliphatic rings. The van der Waals surface area contributed by atoms with Gasteiger partial charge in [0.15, 0.2) is 0 Å². The fourth-order valence-electron chi connectivity index (χ4n) is 4.18. The van der Waals surface area contributed by atoms with Crippen molar-refractivity contribution in [3.63, 3.8) is 0 Å². The third-order valence-corrected chi connectivity index (χ3v) is 5.58. The number of carbonyl (C=O) groups is 1. The molecule has 0 bridgehead atoms. The molecule has 1 aromatic carbocycles. The van der Waals surface area contributed by atoms with Crippen LogP contribution in [0.25, 0.3) is 16.5 Å². The molecule has 2 aromatic rings. The predicted molar refractivity (Wildman–Crippen MR) is 92.3 cm³/mol. The first kappa shape index (κ1) is 14.5. The smallest absolute Gasteiger partial charge is 0.234 e. The molecule has 0 saturated carbocycles. The molecule has 23 heavy (non-hydrogen) atoms. The first-order chi connectivity index (χ1) is 11.1. The van der Waals surface area contributed by atoms with Gasteiger partial charge in [0, 0.05) is 42.7 Å². The molecule has 120 valence electrons. The standard InChI is InChI=1S/C19H23N3O/c1-4-21(2)19(23)13-8-15-14-6-5-7-16-18(14)12(10-20-16)9-17(15)22(3)11-13/h5-8,10,13,17,20H,4,9,11H2,1-3H3/p+1/t13-,17-/m1/s1. The molecule has 0 radical (unpaired) electrons. The zero-order chi connectivity index (χ0) is 16.1. The van der Waals surface area contributed by atoms with Crippen LogP contribution >= 0.6 is 0 Å². The van der Waals surface area contributed by atoms with Gasteiger partial charge in [0.2, 0.25) is 5.91 Å². The summed E-state index contributed by atoms with van der Waals surface area (Å²) in [4.78, 5) is 19.3. The van der Waals surface area contributed by atoms with Crippen molar-refractivity contribution < 1.29 is 9.69 Å². The summed E-state index contributed by atoms with van der Waals surface area (Å²) in [6.07, 6.45) is 5.45. The average molecular weight is 310 g/mol. The SMILES string of the molecule is CCN(C)C(=O)[C@@H]1C=C2c3cccc4[nH]cc(c34)C[C@H]2[NH+](C)C1. The molecule has 1 unspecified atom stereocenters. The zero-order valence-corrected chi connectivity index (χ0v) is 14.0. The molecule has 0 spiro atoms. The van der Waals surface area contributed by atoms with Crippen molar-refractivity contribution in [2.24, 2.45) is 5.92 Å². The number of hydrogen-bond acceptors (Lipinski definition) is 1. The Morgan fingerprint density at radius 2 is 2.26 bits per heavy atom. The number of benzene rings is 1. The third-order valence-electron chi connectivity index (χ3n) is 5.58. The Morgan fingerprint density at radius 3 is 3.04 bits per heavy atom. The number of aromatic amines is 1. The van der Waals surface area contributed by atoms with Crippen molar-refractivity contribution in [1.82, 2.24) is 9.88 Å². The quantitative estimate of drug-likeness (QED) is 0.857. The van der Waals surface area contributed by atoms with Crippen LogP contribution in [-0.4, -0.2) is 49.0 Å². The number of hydrogen-bond donors (Lipinski definition) is 2. The minimum atomic E-state index is -0.0121. The second-order valence-electron chi connectivity index (χ2n) is 6.93. The van der Waals surface area contributed by atoms with Crippen LogP contribution < -0.4 is 4.90 Å². The van der Waals surface area contributed by atoms with Crippen molar-refractivity contribution >= 4 is 22.4 Å². The molecule has 1 aliphatic carbocycles. The van der Waals surface area contributed by atoms with E-state index in [0.29, 0.717) is 6.04 Å². The van der Waals surface area contributed by atoms with E-state index >= 15 is 0 Å². The van der Waals surface area contributed by atoms with Gasteiger partial charge >= 0.3 is 0 Å². The van der Waals surface area contributed by atoms with E-state index in [1.807, 2.05) is 18.9 Å². The van der Waals surface area contributed by atoms with Gasteiger partial charge in [0.1, 0.15) is 12.0 Å². The van der Waals surface area contributed by atoms with E-state index in [2.05, 4.69) is 42.5 Å². The molecule has 1 aromatic heterocycles. The molecule has 4 rings (SSSR count). The lowest BCUT2D eigenvalue weighted by molar-refractivity contribution is -0.900. The highest BCUT2D eigenvalue weighted by atomic mass is 16.2. The van der Waals surface area contributed by atoms with Crippen LogP contribution in [0.4, 0.5) is 0 Å². The highest BCUT2D eigenvalue weighted by Gasteiger charge is 2.39. The highest BCUT2D eigenvalue weighted by molar-refractivity contribution is 5.98. The predicted octanol–water partition coefficient (Wildman–Crippen LogP) is 1.10. The number of nitrogens with zero attached hydrogens (tertiary/aromatic N) is 1. The fourth-order valence-corrected chi connectivity index (χ4v) is 4.18. The van der Waals surface area contributed by atoms with E-state index in [1.165, 1.54) is 32.5 Å². The maximum atomic E-state index is 12.6. The van der Waals surface area contributed by atoms with Crippen molar-refractivity contribution in [1.29, 1.82) is 0 Å². The normalized spacial score (nSPS) is 25.9. The van der Waals surface area contributed by atoms with Crippen LogP contribution in [0.15, 0.2) is 30.5 Å². The number of likely N-dealkylation sites (N-methyl/N-ethyl adjacent to an activating group) is 1. The lowest BCUT2D eigenvalue weighted by Crippen LogP contribution is -3.15. The summed E-state index contributed by atoms with van der Waals surface area (Å²) in [6.45, 7) is 3.67.